The van der Waals surface area contributed by atoms with E-state index < -0.39 is 0 Å². The number of aromatic nitrogens is 1. The van der Waals surface area contributed by atoms with E-state index in [1.165, 1.54) is 93.2 Å². The summed E-state index contributed by atoms with van der Waals surface area (Å²) in [5.41, 5.74) is 11.2. The minimum atomic E-state index is 0.808. The highest BCUT2D eigenvalue weighted by atomic mass is 15.0. The van der Waals surface area contributed by atoms with Crippen LogP contribution in [0.2, 0.25) is 0 Å². The molecule has 244 valence electrons. The van der Waals surface area contributed by atoms with Crippen LogP contribution in [0.1, 0.15) is 11.1 Å². The van der Waals surface area contributed by atoms with Crippen molar-refractivity contribution in [1.82, 2.24) is 4.57 Å². The van der Waals surface area contributed by atoms with Gasteiger partial charge in [0.2, 0.25) is 0 Å². The molecule has 0 aliphatic carbocycles. The molecular weight excluding hydrogens is 627 g/mol. The third kappa shape index (κ3) is 4.86. The van der Waals surface area contributed by atoms with Gasteiger partial charge in [0, 0.05) is 22.0 Å². The van der Waals surface area contributed by atoms with Gasteiger partial charge in [-0.2, -0.15) is 0 Å². The van der Waals surface area contributed by atoms with Crippen LogP contribution >= 0.6 is 0 Å². The molecule has 0 spiro atoms. The van der Waals surface area contributed by atoms with Gasteiger partial charge in [-0.15, -0.1) is 0 Å². The van der Waals surface area contributed by atoms with Crippen LogP contribution in [-0.4, -0.2) is 4.57 Å². The number of hydrogen-bond donors (Lipinski definition) is 0. The molecule has 1 aromatic heterocycles. The molecule has 1 nitrogen and oxygen atoms in total. The second kappa shape index (κ2) is 12.6. The average Bonchev–Trinajstić information content (AvgIpc) is 3.56. The number of nitrogens with zero attached hydrogens (tertiary/aromatic N) is 1. The molecule has 0 bridgehead atoms. The van der Waals surface area contributed by atoms with Gasteiger partial charge in [0.25, 0.3) is 0 Å². The molecule has 0 unspecified atom stereocenters. The zero-order valence-electron chi connectivity index (χ0n) is 28.7. The average molecular weight is 662 g/mol. The summed E-state index contributed by atoms with van der Waals surface area (Å²) in [6.07, 6.45) is 5.54. The number of para-hydroxylation sites is 3. The molecule has 1 heteroatoms. The third-order valence-corrected chi connectivity index (χ3v) is 10.7. The Morgan fingerprint density at radius 1 is 0.423 bits per heavy atom. The van der Waals surface area contributed by atoms with Gasteiger partial charge in [-0.1, -0.05) is 182 Å². The molecule has 10 aromatic rings. The van der Waals surface area contributed by atoms with Crippen LogP contribution in [0, 0.1) is 0 Å². The first kappa shape index (κ1) is 30.2. The first-order valence-electron chi connectivity index (χ1n) is 18.1. The van der Waals surface area contributed by atoms with Gasteiger partial charge < -0.3 is 4.57 Å². The highest BCUT2D eigenvalue weighted by Gasteiger charge is 2.19. The van der Waals surface area contributed by atoms with Crippen LogP contribution in [0.4, 0.5) is 0 Å². The summed E-state index contributed by atoms with van der Waals surface area (Å²) in [5, 5.41) is 10.2. The Morgan fingerprint density at radius 3 is 1.90 bits per heavy atom. The van der Waals surface area contributed by atoms with Gasteiger partial charge in [-0.3, -0.25) is 0 Å². The molecule has 0 amide bonds. The predicted octanol–water partition coefficient (Wildman–Crippen LogP) is 13.8. The van der Waals surface area contributed by atoms with Crippen LogP contribution in [0.25, 0.3) is 88.1 Å². The summed E-state index contributed by atoms with van der Waals surface area (Å²) >= 11 is 0. The highest BCUT2D eigenvalue weighted by Crippen LogP contribution is 2.43. The molecule has 0 atom stereocenters. The highest BCUT2D eigenvalue weighted by molar-refractivity contribution is 6.25. The quantitative estimate of drug-likeness (QED) is 0.123. The van der Waals surface area contributed by atoms with Gasteiger partial charge in [0.05, 0.1) is 11.0 Å². The Balaban J connectivity index is 1.15. The van der Waals surface area contributed by atoms with E-state index in [9.17, 15) is 0 Å². The van der Waals surface area contributed by atoms with E-state index in [2.05, 4.69) is 205 Å². The molecule has 9 aromatic carbocycles. The monoisotopic (exact) mass is 661 g/mol. The maximum Gasteiger partial charge on any atom is 0.0619 e. The van der Waals surface area contributed by atoms with Crippen molar-refractivity contribution in [3.05, 3.63) is 205 Å². The van der Waals surface area contributed by atoms with Crippen LogP contribution < -0.4 is 0 Å². The summed E-state index contributed by atoms with van der Waals surface area (Å²) in [6, 6.07) is 68.4. The Labute approximate surface area is 303 Å². The van der Waals surface area contributed by atoms with Gasteiger partial charge in [0.1, 0.15) is 0 Å². The summed E-state index contributed by atoms with van der Waals surface area (Å²) in [7, 11) is 0. The van der Waals surface area contributed by atoms with Gasteiger partial charge in [-0.05, 0) is 84.8 Å². The molecule has 0 aliphatic rings. The van der Waals surface area contributed by atoms with Crippen LogP contribution in [0.15, 0.2) is 194 Å². The molecule has 0 saturated carbocycles. The molecule has 0 radical (unpaired) electrons. The minimum Gasteiger partial charge on any atom is -0.309 e. The number of benzene rings is 9. The van der Waals surface area contributed by atoms with E-state index in [4.69, 9.17) is 0 Å². The Hall–Kier alpha value is -6.70. The Bertz CT molecular complexity index is 2970. The van der Waals surface area contributed by atoms with Crippen LogP contribution in [0.5, 0.6) is 0 Å². The van der Waals surface area contributed by atoms with E-state index >= 15 is 0 Å². The maximum atomic E-state index is 2.43. The topological polar surface area (TPSA) is 4.93 Å². The number of rotatable bonds is 6. The van der Waals surface area contributed by atoms with Crippen molar-refractivity contribution in [2.75, 3.05) is 0 Å². The zero-order valence-corrected chi connectivity index (χ0v) is 28.7. The molecule has 0 aliphatic heterocycles. The molecule has 1 heterocycles. The number of allylic oxidation sites excluding steroid dienone is 1. The number of fused-ring (bicyclic) bond motifs is 7. The van der Waals surface area contributed by atoms with E-state index in [1.54, 1.807) is 0 Å². The molecule has 0 N–H and O–H groups in total. The zero-order chi connectivity index (χ0) is 34.4. The lowest BCUT2D eigenvalue weighted by Crippen LogP contribution is -1.96. The first-order valence-corrected chi connectivity index (χ1v) is 18.1. The standard InChI is InChI=1S/C51H35N/c1-3-19-37(20-4-1)49-44-28-12-11-26-41(44)42(45-34-33-36-18-8-10-25-40(36)50(45)49)29-15-21-35-17-7-9-24-39(35)46-30-16-31-47-43-27-13-14-32-48(43)52(51(46)47)38-22-5-2-6-23-38/h1-20,22-34H,21H2/b29-15+. The smallest absolute Gasteiger partial charge is 0.0619 e. The molecule has 0 fully saturated rings. The summed E-state index contributed by atoms with van der Waals surface area (Å²) in [5.74, 6) is 0. The third-order valence-electron chi connectivity index (χ3n) is 10.7. The van der Waals surface area contributed by atoms with Crippen molar-refractivity contribution >= 4 is 60.2 Å². The van der Waals surface area contributed by atoms with E-state index in [-0.39, 0.29) is 0 Å². The van der Waals surface area contributed by atoms with Gasteiger partial charge in [-0.25, -0.2) is 0 Å². The lowest BCUT2D eigenvalue weighted by atomic mass is 9.86. The Kier molecular flexibility index (Phi) is 7.29. The first-order chi connectivity index (χ1) is 25.8. The van der Waals surface area contributed by atoms with Crippen LogP contribution in [-0.2, 0) is 6.42 Å². The van der Waals surface area contributed by atoms with Gasteiger partial charge in [0.15, 0.2) is 0 Å². The van der Waals surface area contributed by atoms with Crippen molar-refractivity contribution in [3.63, 3.8) is 0 Å². The van der Waals surface area contributed by atoms with Crippen molar-refractivity contribution < 1.29 is 0 Å². The SMILES string of the molecule is C(=C\c1c2ccccc2c(-c2ccccc2)c2c1ccc1ccccc12)/Cc1ccccc1-c1cccc2c3ccccc3n(-c3ccccc3)c12. The Morgan fingerprint density at radius 2 is 1.06 bits per heavy atom. The molecule has 0 saturated heterocycles. The number of hydrogen-bond acceptors (Lipinski definition) is 0. The lowest BCUT2D eigenvalue weighted by Gasteiger charge is -2.18. The molecule has 52 heavy (non-hydrogen) atoms. The maximum absolute atomic E-state index is 2.43. The largest absolute Gasteiger partial charge is 0.309 e. The minimum absolute atomic E-state index is 0.808. The van der Waals surface area contributed by atoms with Crippen molar-refractivity contribution in [1.29, 1.82) is 0 Å². The fourth-order valence-electron chi connectivity index (χ4n) is 8.41. The second-order valence-electron chi connectivity index (χ2n) is 13.6. The van der Waals surface area contributed by atoms with E-state index in [1.807, 2.05) is 0 Å². The van der Waals surface area contributed by atoms with E-state index in [0.717, 1.165) is 6.42 Å². The predicted molar refractivity (Wildman–Crippen MR) is 223 cm³/mol. The van der Waals surface area contributed by atoms with Gasteiger partial charge >= 0.3 is 0 Å². The van der Waals surface area contributed by atoms with Crippen molar-refractivity contribution in [2.45, 2.75) is 6.42 Å². The summed E-state index contributed by atoms with van der Waals surface area (Å²) in [6.45, 7) is 0. The normalized spacial score (nSPS) is 11.8. The summed E-state index contributed by atoms with van der Waals surface area (Å²) in [4.78, 5) is 0. The van der Waals surface area contributed by atoms with E-state index in [0.29, 0.717) is 0 Å². The van der Waals surface area contributed by atoms with Crippen molar-refractivity contribution in [2.24, 2.45) is 0 Å². The molecular formula is C51H35N. The fraction of sp³-hybridized carbons (Fsp3) is 0.0196. The van der Waals surface area contributed by atoms with Crippen molar-refractivity contribution in [3.8, 4) is 27.9 Å². The fourth-order valence-corrected chi connectivity index (χ4v) is 8.41. The molecule has 10 rings (SSSR count). The second-order valence-corrected chi connectivity index (χ2v) is 13.6. The lowest BCUT2D eigenvalue weighted by molar-refractivity contribution is 1.18. The summed E-state index contributed by atoms with van der Waals surface area (Å²) < 4.78 is 2.43. The van der Waals surface area contributed by atoms with Crippen LogP contribution in [0.3, 0.4) is 0 Å².